The number of anilines is 2. The molecule has 4 aliphatic heterocycles. The minimum Gasteiger partial charge on any atom is -0.459 e. The van der Waals surface area contributed by atoms with Crippen molar-refractivity contribution >= 4 is 46.1 Å². The van der Waals surface area contributed by atoms with Gasteiger partial charge >= 0.3 is 13.1 Å². The molecule has 6 unspecified atom stereocenters. The highest BCUT2D eigenvalue weighted by Gasteiger charge is 2.52. The number of nitrogens with zero attached hydrogens (tertiary/aromatic N) is 3. The second kappa shape index (κ2) is 32.4. The van der Waals surface area contributed by atoms with Crippen molar-refractivity contribution in [2.75, 3.05) is 24.7 Å². The van der Waals surface area contributed by atoms with Crippen molar-refractivity contribution in [2.24, 2.45) is 11.8 Å². The maximum absolute atomic E-state index is 11.6. The molecule has 0 spiro atoms. The number of aryl methyl sites for hydroxylation is 4. The van der Waals surface area contributed by atoms with Crippen LogP contribution in [0.15, 0.2) is 114 Å². The summed E-state index contributed by atoms with van der Waals surface area (Å²) in [5.74, 6) is 1.37. The lowest BCUT2D eigenvalue weighted by Gasteiger charge is -2.46. The fraction of sp³-hybridized carbons (Fsp3) is 0.514. The number of nitrogens with two attached hydrogens (primary N) is 2. The van der Waals surface area contributed by atoms with E-state index in [-0.39, 0.29) is 54.4 Å². The first-order valence-electron chi connectivity index (χ1n) is 31.7. The first-order chi connectivity index (χ1) is 44.2. The Morgan fingerprint density at radius 1 is 0.574 bits per heavy atom. The molecule has 7 heterocycles. The lowest BCUT2D eigenvalue weighted by atomic mass is 9.76. The highest BCUT2D eigenvalue weighted by atomic mass is 79.9. The number of hydrogen-bond donors (Lipinski definition) is 12. The minimum atomic E-state index is -1.53. The maximum atomic E-state index is 11.6. The normalized spacial score (nSPS) is 28.8. The van der Waals surface area contributed by atoms with E-state index in [1.165, 1.54) is 18.1 Å². The molecule has 0 aliphatic carbocycles. The first-order valence-corrected chi connectivity index (χ1v) is 32.5. The molecule has 6 aromatic rings. The van der Waals surface area contributed by atoms with E-state index in [0.29, 0.717) is 28.7 Å². The zero-order valence-electron chi connectivity index (χ0n) is 55.7. The van der Waals surface area contributed by atoms with Gasteiger partial charge in [0.25, 0.3) is 0 Å². The number of nitrogen functional groups attached to an aromatic ring is 2. The van der Waals surface area contributed by atoms with Crippen LogP contribution >= 0.6 is 15.9 Å². The number of esters is 1. The number of carbonyl (C=O) groups excluding carboxylic acids is 1. The zero-order valence-corrected chi connectivity index (χ0v) is 57.3. The predicted octanol–water partition coefficient (Wildman–Crippen LogP) is 5.96. The SMILES string of the molecule is CCC1O[C@H]([C@H](C)c2ccc(Br)cc2C)C(OC(C)=O)[C@@H](C)[C@@H]1C.Cc1cc(-c2ccnc(N)c2)ccc1[C@@H](O)[C@H]1OC(CO)[C@@H](O)[C@H](O)C1O.Cc1cc(-c2ccnc(N)c2)ccc1[C@@H](O)[C@H]1OC(CO)[C@@H](O)[C@H](O)C1O.Cc1cc(B2OC(C)(C)C(C)(C)O2)ccn1. The third kappa shape index (κ3) is 17.6. The maximum Gasteiger partial charge on any atom is 0.494 e. The number of halogens is 1. The van der Waals surface area contributed by atoms with Gasteiger partial charge in [0.15, 0.2) is 0 Å². The highest BCUT2D eigenvalue weighted by molar-refractivity contribution is 9.10. The van der Waals surface area contributed by atoms with Gasteiger partial charge < -0.3 is 90.8 Å². The summed E-state index contributed by atoms with van der Waals surface area (Å²) in [6.07, 6.45) is -10.2. The van der Waals surface area contributed by atoms with Crippen LogP contribution < -0.4 is 16.9 Å². The van der Waals surface area contributed by atoms with Crippen LogP contribution in [0.2, 0.25) is 0 Å². The van der Waals surface area contributed by atoms with E-state index in [0.717, 1.165) is 55.4 Å². The zero-order chi connectivity index (χ0) is 69.4. The Labute approximate surface area is 559 Å². The summed E-state index contributed by atoms with van der Waals surface area (Å²) in [5, 5.41) is 100. The molecule has 0 saturated carbocycles. The number of aliphatic hydroxyl groups is 10. The quantitative estimate of drug-likeness (QED) is 0.0468. The monoisotopic (exact) mass is 1370 g/mol. The van der Waals surface area contributed by atoms with Crippen molar-refractivity contribution in [1.29, 1.82) is 0 Å². The van der Waals surface area contributed by atoms with E-state index >= 15 is 0 Å². The van der Waals surface area contributed by atoms with Crippen LogP contribution in [0.5, 0.6) is 0 Å². The first kappa shape index (κ1) is 75.5. The summed E-state index contributed by atoms with van der Waals surface area (Å²) < 4.78 is 36.0. The van der Waals surface area contributed by atoms with Crippen LogP contribution in [-0.2, 0) is 33.1 Å². The molecule has 3 aromatic heterocycles. The van der Waals surface area contributed by atoms with Crippen molar-refractivity contribution in [2.45, 2.75) is 205 Å². The summed E-state index contributed by atoms with van der Waals surface area (Å²) in [6.45, 7) is 25.0. The Kier molecular flexibility index (Phi) is 26.1. The Morgan fingerprint density at radius 2 is 1.00 bits per heavy atom. The number of aromatic nitrogens is 3. The van der Waals surface area contributed by atoms with Crippen LogP contribution in [0.3, 0.4) is 0 Å². The summed E-state index contributed by atoms with van der Waals surface area (Å²) in [5.41, 5.74) is 21.4. The van der Waals surface area contributed by atoms with Gasteiger partial charge in [-0.1, -0.05) is 86.1 Å². The minimum absolute atomic E-state index is 0.120. The molecule has 4 fully saturated rings. The van der Waals surface area contributed by atoms with Crippen molar-refractivity contribution in [3.8, 4) is 22.3 Å². The topological polar surface area (TPSA) is 365 Å². The standard InChI is InChI=1S/C20H29BrO3.2C19H24N2O6.C12H18BNO2/c1-7-18-12(3)13(4)19(23-15(6)22)20(24-18)14(5)17-9-8-16(21)10-11(17)2;2*1-9-6-10(11-4-5-21-14(20)7-11)2-3-12(9)15(23)19-18(26)17(25)16(24)13(8-22)27-19;1-9-8-10(6-7-14-9)13-15-11(2,3)12(4,5)16-13/h8-10,12-14,18-20H,7H2,1-6H3;2*2-7,13,15-19,22-26H,8H2,1H3,(H2,20,21);6-8H,1-5H3/t12-,13-,14+,18?,19?,20+;2*13?,15-,16-,17+,18?,19-;/m011./s1. The number of pyridine rings is 3. The second-order valence-corrected chi connectivity index (χ2v) is 26.9. The molecule has 24 heteroatoms. The Balaban J connectivity index is 0.000000180. The van der Waals surface area contributed by atoms with Gasteiger partial charge in [-0.15, -0.1) is 0 Å². The van der Waals surface area contributed by atoms with Gasteiger partial charge in [0, 0.05) is 47.5 Å². The molecular formula is C70H95BBrN5O17. The molecular weight excluding hydrogens is 1270 g/mol. The van der Waals surface area contributed by atoms with E-state index in [1.807, 2.05) is 43.3 Å². The van der Waals surface area contributed by atoms with Crippen LogP contribution in [0.4, 0.5) is 11.6 Å². The molecule has 10 rings (SSSR count). The van der Waals surface area contributed by atoms with Gasteiger partial charge in [-0.3, -0.25) is 9.78 Å². The average Bonchev–Trinajstić information content (AvgIpc) is 1.22. The smallest absolute Gasteiger partial charge is 0.459 e. The number of hydrogen-bond acceptors (Lipinski definition) is 22. The van der Waals surface area contributed by atoms with Crippen molar-refractivity contribution in [3.63, 3.8) is 0 Å². The van der Waals surface area contributed by atoms with Gasteiger partial charge in [-0.2, -0.15) is 0 Å². The van der Waals surface area contributed by atoms with Crippen LogP contribution in [0.25, 0.3) is 22.3 Å². The van der Waals surface area contributed by atoms with E-state index < -0.39 is 86.5 Å². The predicted molar refractivity (Wildman–Crippen MR) is 360 cm³/mol. The Hall–Kier alpha value is -5.88. The third-order valence-electron chi connectivity index (χ3n) is 18.8. The lowest BCUT2D eigenvalue weighted by molar-refractivity contribution is -0.250. The molecule has 0 bridgehead atoms. The van der Waals surface area contributed by atoms with Crippen molar-refractivity contribution in [3.05, 3.63) is 153 Å². The molecule has 4 saturated heterocycles. The number of aliphatic hydroxyl groups excluding tert-OH is 10. The molecule has 18 atom stereocenters. The van der Waals surface area contributed by atoms with Crippen LogP contribution in [-0.4, -0.2) is 183 Å². The largest absolute Gasteiger partial charge is 0.494 e. The highest BCUT2D eigenvalue weighted by Crippen LogP contribution is 2.42. The van der Waals surface area contributed by atoms with Gasteiger partial charge in [-0.05, 0) is 177 Å². The molecule has 3 aromatic carbocycles. The van der Waals surface area contributed by atoms with Gasteiger partial charge in [0.2, 0.25) is 0 Å². The summed E-state index contributed by atoms with van der Waals surface area (Å²) >= 11 is 3.52. The summed E-state index contributed by atoms with van der Waals surface area (Å²) in [7, 11) is -0.285. The Bertz CT molecular complexity index is 3330. The summed E-state index contributed by atoms with van der Waals surface area (Å²) in [6, 6.07) is 28.1. The number of benzene rings is 3. The van der Waals surface area contributed by atoms with E-state index in [1.54, 1.807) is 68.8 Å². The molecule has 512 valence electrons. The van der Waals surface area contributed by atoms with E-state index in [4.69, 9.17) is 39.7 Å². The molecule has 0 amide bonds. The second-order valence-electron chi connectivity index (χ2n) is 26.0. The van der Waals surface area contributed by atoms with E-state index in [2.05, 4.69) is 111 Å². The fourth-order valence-corrected chi connectivity index (χ4v) is 12.8. The fourth-order valence-electron chi connectivity index (χ4n) is 12.4. The van der Waals surface area contributed by atoms with Gasteiger partial charge in [-0.25, -0.2) is 9.97 Å². The number of rotatable bonds is 13. The van der Waals surface area contributed by atoms with Gasteiger partial charge in [0.1, 0.15) is 97.1 Å². The average molecular weight is 1370 g/mol. The third-order valence-corrected chi connectivity index (χ3v) is 19.3. The molecule has 94 heavy (non-hydrogen) atoms. The van der Waals surface area contributed by atoms with Gasteiger partial charge in [0.05, 0.1) is 30.5 Å². The lowest BCUT2D eigenvalue weighted by Crippen LogP contribution is -2.59. The van der Waals surface area contributed by atoms with Crippen molar-refractivity contribution in [1.82, 2.24) is 15.0 Å². The summed E-state index contributed by atoms with van der Waals surface area (Å²) in [4.78, 5) is 23.7. The number of ether oxygens (including phenoxy) is 4. The van der Waals surface area contributed by atoms with Crippen LogP contribution in [0, 0.1) is 39.5 Å². The molecule has 22 nitrogen and oxygen atoms in total. The molecule has 0 radical (unpaired) electrons. The number of carbonyl (C=O) groups is 1. The Morgan fingerprint density at radius 3 is 1.40 bits per heavy atom. The van der Waals surface area contributed by atoms with E-state index in [9.17, 15) is 55.9 Å². The molecule has 14 N–H and O–H groups in total. The molecule has 4 aliphatic rings. The van der Waals surface area contributed by atoms with Crippen LogP contribution in [0.1, 0.15) is 126 Å². The van der Waals surface area contributed by atoms with Crippen molar-refractivity contribution < 1.29 is 84.1 Å².